The highest BCUT2D eigenvalue weighted by Gasteiger charge is 2.47. The molecule has 3 heterocycles. The van der Waals surface area contributed by atoms with E-state index in [1.807, 2.05) is 0 Å². The molecule has 1 atom stereocenters. The first-order valence-corrected chi connectivity index (χ1v) is 10.1. The lowest BCUT2D eigenvalue weighted by atomic mass is 9.92. The van der Waals surface area contributed by atoms with E-state index in [9.17, 15) is 27.2 Å². The number of pyridine rings is 1. The van der Waals surface area contributed by atoms with Gasteiger partial charge in [-0.15, -0.1) is 0 Å². The number of amides is 2. The predicted molar refractivity (Wildman–Crippen MR) is 106 cm³/mol. The Morgan fingerprint density at radius 1 is 1.22 bits per heavy atom. The lowest BCUT2D eigenvalue weighted by Gasteiger charge is -2.45. The van der Waals surface area contributed by atoms with Crippen molar-refractivity contribution in [2.24, 2.45) is 5.92 Å². The van der Waals surface area contributed by atoms with Crippen LogP contribution in [0.3, 0.4) is 0 Å². The Hall–Kier alpha value is -2.72. The molecular formula is C21H18ClF4N3O3. The number of hydrogen-bond donors (Lipinski definition) is 0. The third-order valence-corrected chi connectivity index (χ3v) is 5.78. The highest BCUT2D eigenvalue weighted by Crippen LogP contribution is 2.34. The van der Waals surface area contributed by atoms with Gasteiger partial charge in [-0.3, -0.25) is 14.5 Å². The summed E-state index contributed by atoms with van der Waals surface area (Å²) < 4.78 is 58.8. The van der Waals surface area contributed by atoms with Crippen LogP contribution >= 0.6 is 11.6 Å². The normalized spacial score (nSPS) is 20.0. The molecule has 1 unspecified atom stereocenters. The Balaban J connectivity index is 1.64. The van der Waals surface area contributed by atoms with E-state index in [1.54, 1.807) is 0 Å². The van der Waals surface area contributed by atoms with Crippen LogP contribution in [0.15, 0.2) is 30.5 Å². The van der Waals surface area contributed by atoms with Gasteiger partial charge in [0.15, 0.2) is 11.6 Å². The van der Waals surface area contributed by atoms with Crippen molar-refractivity contribution >= 4 is 29.2 Å². The fourth-order valence-corrected chi connectivity index (χ4v) is 4.10. The Labute approximate surface area is 185 Å². The highest BCUT2D eigenvalue weighted by atomic mass is 35.5. The van der Waals surface area contributed by atoms with Crippen LogP contribution in [0.2, 0.25) is 5.02 Å². The zero-order valence-electron chi connectivity index (χ0n) is 16.8. The Morgan fingerprint density at radius 3 is 2.50 bits per heavy atom. The van der Waals surface area contributed by atoms with Gasteiger partial charge in [0.25, 0.3) is 5.91 Å². The number of ether oxygens (including phenoxy) is 1. The van der Waals surface area contributed by atoms with Gasteiger partial charge in [-0.1, -0.05) is 23.7 Å². The second-order valence-electron chi connectivity index (χ2n) is 7.79. The Morgan fingerprint density at radius 2 is 1.94 bits per heavy atom. The number of alkyl halides is 3. The molecule has 2 aliphatic heterocycles. The minimum atomic E-state index is -4.48. The van der Waals surface area contributed by atoms with Crippen molar-refractivity contribution in [3.63, 3.8) is 0 Å². The van der Waals surface area contributed by atoms with Crippen LogP contribution < -0.4 is 4.90 Å². The number of hydrogen-bond acceptors (Lipinski definition) is 4. The molecule has 0 bridgehead atoms. The lowest BCUT2D eigenvalue weighted by Crippen LogP contribution is -2.65. The molecule has 2 aromatic rings. The number of carbonyl (C=O) groups is 2. The number of aromatic nitrogens is 1. The molecule has 1 aromatic carbocycles. The summed E-state index contributed by atoms with van der Waals surface area (Å²) in [6.45, 7) is 1.29. The van der Waals surface area contributed by atoms with Gasteiger partial charge in [0.2, 0.25) is 5.91 Å². The first kappa shape index (κ1) is 22.5. The second-order valence-corrected chi connectivity index (χ2v) is 8.23. The van der Waals surface area contributed by atoms with Gasteiger partial charge in [-0.2, -0.15) is 13.2 Å². The maximum atomic E-state index is 14.4. The minimum absolute atomic E-state index is 0.0170. The molecule has 6 nitrogen and oxygen atoms in total. The lowest BCUT2D eigenvalue weighted by molar-refractivity contribution is -0.155. The van der Waals surface area contributed by atoms with Crippen molar-refractivity contribution < 1.29 is 31.9 Å². The standard InChI is InChI=1S/C21H18ClF4N3O3/c1-11-4-12(2-3-15(11)21(24,25)26)7-28-17(30)8-29(19-16(23)5-14(22)6-27-19)20(31)18(28)13-9-32-10-13/h2-6,13,18H,7-10H2,1H3. The minimum Gasteiger partial charge on any atom is -0.380 e. The van der Waals surface area contributed by atoms with Crippen molar-refractivity contribution in [1.82, 2.24) is 9.88 Å². The number of rotatable bonds is 4. The van der Waals surface area contributed by atoms with Crippen molar-refractivity contribution in [3.05, 3.63) is 58.0 Å². The van der Waals surface area contributed by atoms with Crippen molar-refractivity contribution in [3.8, 4) is 0 Å². The maximum absolute atomic E-state index is 14.4. The summed E-state index contributed by atoms with van der Waals surface area (Å²) >= 11 is 5.73. The largest absolute Gasteiger partial charge is 0.416 e. The number of benzene rings is 1. The molecule has 11 heteroatoms. The van der Waals surface area contributed by atoms with E-state index < -0.39 is 42.0 Å². The molecule has 0 saturated carbocycles. The van der Waals surface area contributed by atoms with Gasteiger partial charge in [0, 0.05) is 18.7 Å². The summed E-state index contributed by atoms with van der Waals surface area (Å²) in [5.41, 5.74) is -0.295. The molecule has 32 heavy (non-hydrogen) atoms. The molecular weight excluding hydrogens is 454 g/mol. The fourth-order valence-electron chi connectivity index (χ4n) is 3.96. The molecule has 2 aliphatic rings. The molecule has 2 saturated heterocycles. The maximum Gasteiger partial charge on any atom is 0.416 e. The van der Waals surface area contributed by atoms with E-state index in [0.717, 1.165) is 17.0 Å². The Bertz CT molecular complexity index is 1070. The third kappa shape index (κ3) is 4.16. The number of carbonyl (C=O) groups excluding carboxylic acids is 2. The van der Waals surface area contributed by atoms with E-state index in [-0.39, 0.29) is 42.1 Å². The summed E-state index contributed by atoms with van der Waals surface area (Å²) in [6.07, 6.45) is -3.31. The van der Waals surface area contributed by atoms with Crippen molar-refractivity contribution in [2.75, 3.05) is 24.7 Å². The first-order valence-electron chi connectivity index (χ1n) is 9.72. The van der Waals surface area contributed by atoms with E-state index >= 15 is 0 Å². The average molecular weight is 472 g/mol. The molecule has 0 aliphatic carbocycles. The molecule has 2 amide bonds. The van der Waals surface area contributed by atoms with Crippen LogP contribution in [0.25, 0.3) is 0 Å². The SMILES string of the molecule is Cc1cc(CN2C(=O)CN(c3ncc(Cl)cc3F)C(=O)C2C2COC2)ccc1C(F)(F)F. The van der Waals surface area contributed by atoms with E-state index in [4.69, 9.17) is 16.3 Å². The number of aryl methyl sites for hydroxylation is 1. The first-order chi connectivity index (χ1) is 15.1. The van der Waals surface area contributed by atoms with Crippen LogP contribution in [0.1, 0.15) is 16.7 Å². The number of halogens is 5. The molecule has 0 spiro atoms. The average Bonchev–Trinajstić information content (AvgIpc) is 2.65. The fraction of sp³-hybridized carbons (Fsp3) is 0.381. The zero-order valence-corrected chi connectivity index (χ0v) is 17.6. The zero-order chi connectivity index (χ0) is 23.2. The van der Waals surface area contributed by atoms with Crippen molar-refractivity contribution in [1.29, 1.82) is 0 Å². The van der Waals surface area contributed by atoms with Gasteiger partial charge >= 0.3 is 6.18 Å². The quantitative estimate of drug-likeness (QED) is 0.639. The van der Waals surface area contributed by atoms with Crippen LogP contribution in [0.4, 0.5) is 23.4 Å². The van der Waals surface area contributed by atoms with Crippen LogP contribution in [-0.2, 0) is 27.0 Å². The predicted octanol–water partition coefficient (Wildman–Crippen LogP) is 3.59. The van der Waals surface area contributed by atoms with Gasteiger partial charge in [0.1, 0.15) is 12.6 Å². The van der Waals surface area contributed by atoms with Gasteiger partial charge in [0.05, 0.1) is 23.8 Å². The molecule has 1 aromatic heterocycles. The number of nitrogens with zero attached hydrogens (tertiary/aromatic N) is 3. The monoisotopic (exact) mass is 471 g/mol. The van der Waals surface area contributed by atoms with Crippen LogP contribution in [0.5, 0.6) is 0 Å². The smallest absolute Gasteiger partial charge is 0.380 e. The molecule has 0 radical (unpaired) electrons. The Kier molecular flexibility index (Phi) is 5.85. The summed E-state index contributed by atoms with van der Waals surface area (Å²) in [4.78, 5) is 32.5. The number of anilines is 1. The van der Waals surface area contributed by atoms with E-state index in [1.165, 1.54) is 30.2 Å². The van der Waals surface area contributed by atoms with E-state index in [0.29, 0.717) is 5.56 Å². The summed E-state index contributed by atoms with van der Waals surface area (Å²) in [5, 5.41) is 0.0466. The summed E-state index contributed by atoms with van der Waals surface area (Å²) in [7, 11) is 0. The van der Waals surface area contributed by atoms with Crippen LogP contribution in [-0.4, -0.2) is 47.5 Å². The second kappa shape index (κ2) is 8.32. The molecule has 170 valence electrons. The van der Waals surface area contributed by atoms with Gasteiger partial charge in [-0.25, -0.2) is 9.37 Å². The molecule has 4 rings (SSSR count). The van der Waals surface area contributed by atoms with E-state index in [2.05, 4.69) is 4.98 Å². The van der Waals surface area contributed by atoms with Gasteiger partial charge < -0.3 is 9.64 Å². The van der Waals surface area contributed by atoms with Gasteiger partial charge in [-0.05, 0) is 30.2 Å². The summed E-state index contributed by atoms with van der Waals surface area (Å²) in [5.74, 6) is -2.47. The molecule has 2 fully saturated rings. The highest BCUT2D eigenvalue weighted by molar-refractivity contribution is 6.30. The molecule has 0 N–H and O–H groups in total. The van der Waals surface area contributed by atoms with Crippen LogP contribution in [0, 0.1) is 18.7 Å². The summed E-state index contributed by atoms with van der Waals surface area (Å²) in [6, 6.07) is 3.64. The van der Waals surface area contributed by atoms with Crippen molar-refractivity contribution in [2.45, 2.75) is 25.7 Å². The third-order valence-electron chi connectivity index (χ3n) is 5.57. The number of piperazine rings is 1. The topological polar surface area (TPSA) is 62.7 Å².